The topological polar surface area (TPSA) is 102 Å². The van der Waals surface area contributed by atoms with Crippen molar-refractivity contribution in [2.75, 3.05) is 13.2 Å². The smallest absolute Gasteiger partial charge is 0.405 e. The Morgan fingerprint density at radius 1 is 1.10 bits per heavy atom. The van der Waals surface area contributed by atoms with E-state index in [1.807, 2.05) is 0 Å². The lowest BCUT2D eigenvalue weighted by Crippen LogP contribution is -2.44. The van der Waals surface area contributed by atoms with Crippen LogP contribution in [0, 0.1) is 5.82 Å². The largest absolute Gasteiger partial charge is 0.451 e. The van der Waals surface area contributed by atoms with E-state index in [0.717, 1.165) is 18.5 Å². The van der Waals surface area contributed by atoms with Crippen molar-refractivity contribution >= 4 is 17.9 Å². The van der Waals surface area contributed by atoms with Gasteiger partial charge >= 0.3 is 18.2 Å². The highest BCUT2D eigenvalue weighted by molar-refractivity contribution is 5.97. The first-order valence-electron chi connectivity index (χ1n) is 9.32. The molecule has 3 rings (SSSR count). The number of fused-ring (bicyclic) bond motifs is 1. The molecule has 2 N–H and O–H groups in total. The molecule has 0 spiro atoms. The van der Waals surface area contributed by atoms with Crippen LogP contribution in [0.25, 0.3) is 5.69 Å². The molecule has 12 heteroatoms. The van der Waals surface area contributed by atoms with Crippen molar-refractivity contribution < 1.29 is 36.7 Å². The minimum atomic E-state index is -4.63. The molecule has 0 atom stereocenters. The summed E-state index contributed by atoms with van der Waals surface area (Å²) in [4.78, 5) is 35.4. The van der Waals surface area contributed by atoms with E-state index in [-0.39, 0.29) is 5.69 Å². The first-order chi connectivity index (χ1) is 14.6. The predicted octanol–water partition coefficient (Wildman–Crippen LogP) is 2.44. The number of benzene rings is 1. The van der Waals surface area contributed by atoms with Crippen molar-refractivity contribution in [3.63, 3.8) is 0 Å². The molecular weight excluding hydrogens is 424 g/mol. The molecule has 0 radical (unpaired) electrons. The Balaban J connectivity index is 1.66. The number of hydrogen-bond donors (Lipinski definition) is 2. The number of aromatic nitrogens is 2. The SMILES string of the molecule is O=C(COC(=O)c1nn(-c2ccc(F)cc2)c2c1CCCC2)NC(=O)NCC(F)(F)F. The molecule has 1 heterocycles. The van der Waals surface area contributed by atoms with Gasteiger partial charge in [0.25, 0.3) is 5.91 Å². The van der Waals surface area contributed by atoms with Gasteiger partial charge in [-0.15, -0.1) is 0 Å². The second kappa shape index (κ2) is 9.14. The third-order valence-corrected chi connectivity index (χ3v) is 4.48. The summed E-state index contributed by atoms with van der Waals surface area (Å²) in [6.07, 6.45) is -1.72. The Hall–Kier alpha value is -3.44. The van der Waals surface area contributed by atoms with Gasteiger partial charge in [0.1, 0.15) is 12.4 Å². The monoisotopic (exact) mass is 442 g/mol. The van der Waals surface area contributed by atoms with Gasteiger partial charge in [0.05, 0.1) is 5.69 Å². The van der Waals surface area contributed by atoms with E-state index in [1.165, 1.54) is 34.3 Å². The molecule has 0 saturated carbocycles. The summed E-state index contributed by atoms with van der Waals surface area (Å²) >= 11 is 0. The highest BCUT2D eigenvalue weighted by Gasteiger charge is 2.29. The summed E-state index contributed by atoms with van der Waals surface area (Å²) in [5.74, 6) is -2.43. The van der Waals surface area contributed by atoms with Gasteiger partial charge in [-0.25, -0.2) is 18.7 Å². The molecule has 0 aliphatic heterocycles. The van der Waals surface area contributed by atoms with Crippen molar-refractivity contribution in [1.29, 1.82) is 0 Å². The van der Waals surface area contributed by atoms with Crippen molar-refractivity contribution in [2.45, 2.75) is 31.9 Å². The van der Waals surface area contributed by atoms with Gasteiger partial charge in [-0.05, 0) is 49.9 Å². The molecule has 0 saturated heterocycles. The standard InChI is InChI=1S/C19H18F4N4O4/c20-11-5-7-12(8-6-11)27-14-4-2-1-3-13(14)16(26-27)17(29)31-9-15(28)25-18(30)24-10-19(21,22)23/h5-8H,1-4,9-10H2,(H2,24,25,28,30). The summed E-state index contributed by atoms with van der Waals surface area (Å²) in [6, 6.07) is 4.19. The number of esters is 1. The van der Waals surface area contributed by atoms with E-state index in [9.17, 15) is 31.9 Å². The van der Waals surface area contributed by atoms with E-state index in [1.54, 1.807) is 5.32 Å². The van der Waals surface area contributed by atoms with E-state index >= 15 is 0 Å². The van der Waals surface area contributed by atoms with Crippen molar-refractivity contribution in [2.24, 2.45) is 0 Å². The van der Waals surface area contributed by atoms with Crippen LogP contribution in [0.5, 0.6) is 0 Å². The third-order valence-electron chi connectivity index (χ3n) is 4.48. The van der Waals surface area contributed by atoms with Gasteiger partial charge in [-0.3, -0.25) is 10.1 Å². The molecule has 31 heavy (non-hydrogen) atoms. The summed E-state index contributed by atoms with van der Waals surface area (Å²) in [6.45, 7) is -2.49. The molecule has 3 amide bonds. The molecule has 2 aromatic rings. The second-order valence-electron chi connectivity index (χ2n) is 6.79. The number of ether oxygens (including phenoxy) is 1. The zero-order valence-electron chi connectivity index (χ0n) is 16.1. The van der Waals surface area contributed by atoms with Gasteiger partial charge in [0, 0.05) is 11.3 Å². The van der Waals surface area contributed by atoms with Crippen LogP contribution in [-0.2, 0) is 22.4 Å². The van der Waals surface area contributed by atoms with E-state index in [4.69, 9.17) is 4.74 Å². The van der Waals surface area contributed by atoms with Crippen LogP contribution in [0.1, 0.15) is 34.6 Å². The summed E-state index contributed by atoms with van der Waals surface area (Å²) in [5.41, 5.74) is 1.98. The summed E-state index contributed by atoms with van der Waals surface area (Å²) in [7, 11) is 0. The zero-order valence-corrected chi connectivity index (χ0v) is 16.1. The summed E-state index contributed by atoms with van der Waals surface area (Å²) < 4.78 is 55.8. The molecule has 0 fully saturated rings. The molecule has 0 unspecified atom stereocenters. The first-order valence-corrected chi connectivity index (χ1v) is 9.32. The van der Waals surface area contributed by atoms with Crippen molar-refractivity contribution in [3.8, 4) is 5.69 Å². The lowest BCUT2D eigenvalue weighted by Gasteiger charge is -2.14. The predicted molar refractivity (Wildman–Crippen MR) is 98.0 cm³/mol. The van der Waals surface area contributed by atoms with Crippen LogP contribution in [0.15, 0.2) is 24.3 Å². The van der Waals surface area contributed by atoms with Crippen molar-refractivity contribution in [1.82, 2.24) is 20.4 Å². The normalized spacial score (nSPS) is 13.3. The Morgan fingerprint density at radius 3 is 2.45 bits per heavy atom. The Kier molecular flexibility index (Phi) is 6.56. The Bertz CT molecular complexity index is 986. The number of urea groups is 1. The lowest BCUT2D eigenvalue weighted by molar-refractivity contribution is -0.125. The second-order valence-corrected chi connectivity index (χ2v) is 6.79. The fourth-order valence-corrected chi connectivity index (χ4v) is 3.15. The molecule has 166 valence electrons. The molecule has 0 bridgehead atoms. The average molecular weight is 442 g/mol. The van der Waals surface area contributed by atoms with Crippen LogP contribution < -0.4 is 10.6 Å². The van der Waals surface area contributed by atoms with Crippen molar-refractivity contribution in [3.05, 3.63) is 47.0 Å². The van der Waals surface area contributed by atoms with Crippen LogP contribution in [-0.4, -0.2) is 47.0 Å². The molecule has 1 aliphatic rings. The molecule has 1 aromatic carbocycles. The minimum absolute atomic E-state index is 0.00616. The number of halogens is 4. The van der Waals surface area contributed by atoms with Gasteiger partial charge in [0.2, 0.25) is 0 Å². The van der Waals surface area contributed by atoms with Crippen LogP contribution in [0.3, 0.4) is 0 Å². The average Bonchev–Trinajstić information content (AvgIpc) is 3.10. The molecule has 1 aliphatic carbocycles. The quantitative estimate of drug-likeness (QED) is 0.547. The highest BCUT2D eigenvalue weighted by Crippen LogP contribution is 2.27. The molecule has 8 nitrogen and oxygen atoms in total. The maximum Gasteiger partial charge on any atom is 0.405 e. The molecule has 1 aromatic heterocycles. The number of hydrogen-bond acceptors (Lipinski definition) is 5. The number of nitrogens with zero attached hydrogens (tertiary/aromatic N) is 2. The van der Waals surface area contributed by atoms with Crippen LogP contribution >= 0.6 is 0 Å². The van der Waals surface area contributed by atoms with E-state index < -0.39 is 43.1 Å². The van der Waals surface area contributed by atoms with Crippen LogP contribution in [0.2, 0.25) is 0 Å². The van der Waals surface area contributed by atoms with Gasteiger partial charge in [-0.1, -0.05) is 0 Å². The zero-order chi connectivity index (χ0) is 22.6. The van der Waals surface area contributed by atoms with Crippen LogP contribution in [0.4, 0.5) is 22.4 Å². The van der Waals surface area contributed by atoms with Gasteiger partial charge in [0.15, 0.2) is 12.3 Å². The maximum absolute atomic E-state index is 13.2. The number of carbonyl (C=O) groups excluding carboxylic acids is 3. The Labute approximate surface area is 173 Å². The maximum atomic E-state index is 13.2. The number of imide groups is 1. The van der Waals surface area contributed by atoms with E-state index in [0.29, 0.717) is 24.1 Å². The van der Waals surface area contributed by atoms with Gasteiger partial charge in [-0.2, -0.15) is 18.3 Å². The Morgan fingerprint density at radius 2 is 1.77 bits per heavy atom. The minimum Gasteiger partial charge on any atom is -0.451 e. The number of amides is 3. The molecular formula is C19H18F4N4O4. The number of alkyl halides is 3. The number of rotatable bonds is 5. The first kappa shape index (κ1) is 22.2. The number of carbonyl (C=O) groups is 3. The number of nitrogens with one attached hydrogen (secondary N) is 2. The van der Waals surface area contributed by atoms with E-state index in [2.05, 4.69) is 5.10 Å². The summed E-state index contributed by atoms with van der Waals surface area (Å²) in [5, 5.41) is 7.36. The fraction of sp³-hybridized carbons (Fsp3) is 0.368. The van der Waals surface area contributed by atoms with Gasteiger partial charge < -0.3 is 10.1 Å². The lowest BCUT2D eigenvalue weighted by atomic mass is 9.95. The fourth-order valence-electron chi connectivity index (χ4n) is 3.15. The third kappa shape index (κ3) is 5.80. The highest BCUT2D eigenvalue weighted by atomic mass is 19.4.